The smallest absolute Gasteiger partial charge is 0.00518 e. The molecule has 0 aromatic heterocycles. The van der Waals surface area contributed by atoms with Crippen molar-refractivity contribution in [3.8, 4) is 12.3 Å². The molecule has 0 aliphatic heterocycles. The molecular formula is C11H17N. The van der Waals surface area contributed by atoms with Crippen molar-refractivity contribution < 1.29 is 0 Å². The second-order valence-electron chi connectivity index (χ2n) is 3.37. The van der Waals surface area contributed by atoms with Crippen LogP contribution >= 0.6 is 0 Å². The van der Waals surface area contributed by atoms with E-state index in [0.717, 1.165) is 17.7 Å². The van der Waals surface area contributed by atoms with Crippen molar-refractivity contribution in [1.29, 1.82) is 0 Å². The third kappa shape index (κ3) is 5.61. The molecule has 0 radical (unpaired) electrons. The van der Waals surface area contributed by atoms with Crippen LogP contribution in [-0.4, -0.2) is 0 Å². The summed E-state index contributed by atoms with van der Waals surface area (Å²) in [6.07, 6.45) is 9.87. The van der Waals surface area contributed by atoms with Gasteiger partial charge in [0.15, 0.2) is 0 Å². The number of allylic oxidation sites excluding steroid dienone is 4. The van der Waals surface area contributed by atoms with Crippen LogP contribution in [0, 0.1) is 18.3 Å². The molecule has 0 rings (SSSR count). The van der Waals surface area contributed by atoms with Gasteiger partial charge in [0.2, 0.25) is 0 Å². The van der Waals surface area contributed by atoms with Crippen LogP contribution < -0.4 is 5.73 Å². The highest BCUT2D eigenvalue weighted by atomic mass is 14.5. The molecule has 0 amide bonds. The summed E-state index contributed by atoms with van der Waals surface area (Å²) in [6, 6.07) is 0. The molecule has 0 aromatic rings. The van der Waals surface area contributed by atoms with Crippen molar-refractivity contribution in [2.24, 2.45) is 11.7 Å². The number of hydrogen-bond acceptors (Lipinski definition) is 1. The fourth-order valence-corrected chi connectivity index (χ4v) is 1.03. The van der Waals surface area contributed by atoms with Crippen LogP contribution in [0.4, 0.5) is 0 Å². The zero-order chi connectivity index (χ0) is 9.56. The number of nitrogens with two attached hydrogens (primary N) is 1. The van der Waals surface area contributed by atoms with Gasteiger partial charge >= 0.3 is 0 Å². The Morgan fingerprint density at radius 2 is 2.17 bits per heavy atom. The Kier molecular flexibility index (Phi) is 4.96. The Labute approximate surface area is 75.3 Å². The maximum Gasteiger partial charge on any atom is 0.00518 e. The Balaban J connectivity index is 4.38. The van der Waals surface area contributed by atoms with Crippen molar-refractivity contribution in [1.82, 2.24) is 0 Å². The van der Waals surface area contributed by atoms with E-state index in [-0.39, 0.29) is 0 Å². The van der Waals surface area contributed by atoms with Gasteiger partial charge in [-0.2, -0.15) is 0 Å². The Morgan fingerprint density at radius 1 is 1.58 bits per heavy atom. The summed E-state index contributed by atoms with van der Waals surface area (Å²) in [6.45, 7) is 6.18. The highest BCUT2D eigenvalue weighted by Gasteiger charge is 1.97. The summed E-state index contributed by atoms with van der Waals surface area (Å²) < 4.78 is 0. The fourth-order valence-electron chi connectivity index (χ4n) is 1.03. The molecule has 2 N–H and O–H groups in total. The van der Waals surface area contributed by atoms with Crippen molar-refractivity contribution in [2.45, 2.75) is 27.2 Å². The van der Waals surface area contributed by atoms with Crippen LogP contribution in [-0.2, 0) is 0 Å². The molecule has 12 heavy (non-hydrogen) atoms. The summed E-state index contributed by atoms with van der Waals surface area (Å²) >= 11 is 0. The molecule has 0 saturated carbocycles. The first kappa shape index (κ1) is 10.8. The first-order valence-electron chi connectivity index (χ1n) is 4.15. The van der Waals surface area contributed by atoms with Crippen LogP contribution in [0.1, 0.15) is 27.2 Å². The predicted molar refractivity (Wildman–Crippen MR) is 54.3 cm³/mol. The van der Waals surface area contributed by atoms with Gasteiger partial charge in [-0.15, -0.1) is 6.42 Å². The molecule has 0 spiro atoms. The lowest BCUT2D eigenvalue weighted by atomic mass is 10.0. The topological polar surface area (TPSA) is 26.0 Å². The van der Waals surface area contributed by atoms with E-state index in [1.54, 1.807) is 6.08 Å². The third-order valence-corrected chi connectivity index (χ3v) is 1.33. The van der Waals surface area contributed by atoms with Crippen molar-refractivity contribution in [3.05, 3.63) is 23.4 Å². The van der Waals surface area contributed by atoms with E-state index in [9.17, 15) is 0 Å². The van der Waals surface area contributed by atoms with Crippen LogP contribution in [0.25, 0.3) is 0 Å². The third-order valence-electron chi connectivity index (χ3n) is 1.33. The lowest BCUT2D eigenvalue weighted by Crippen LogP contribution is -1.94. The molecule has 0 unspecified atom stereocenters. The van der Waals surface area contributed by atoms with Crippen molar-refractivity contribution in [2.75, 3.05) is 0 Å². The molecule has 0 aliphatic rings. The lowest BCUT2D eigenvalue weighted by Gasteiger charge is -2.04. The van der Waals surface area contributed by atoms with E-state index in [0.29, 0.717) is 5.92 Å². The zero-order valence-corrected chi connectivity index (χ0v) is 8.09. The minimum Gasteiger partial charge on any atom is -0.402 e. The minimum absolute atomic E-state index is 0.611. The molecule has 0 heterocycles. The van der Waals surface area contributed by atoms with E-state index < -0.39 is 0 Å². The van der Waals surface area contributed by atoms with Crippen LogP contribution in [0.2, 0.25) is 0 Å². The zero-order valence-electron chi connectivity index (χ0n) is 8.09. The normalized spacial score (nSPS) is 13.2. The maximum absolute atomic E-state index is 5.55. The van der Waals surface area contributed by atoms with E-state index in [4.69, 9.17) is 12.2 Å². The Bertz CT molecular complexity index is 222. The molecule has 1 heteroatoms. The monoisotopic (exact) mass is 163 g/mol. The average Bonchev–Trinajstić information content (AvgIpc) is 1.84. The molecular weight excluding hydrogens is 146 g/mol. The largest absolute Gasteiger partial charge is 0.402 e. The summed E-state index contributed by atoms with van der Waals surface area (Å²) in [4.78, 5) is 0. The lowest BCUT2D eigenvalue weighted by molar-refractivity contribution is 0.649. The average molecular weight is 163 g/mol. The fraction of sp³-hybridized carbons (Fsp3) is 0.455. The number of rotatable bonds is 3. The number of hydrogen-bond donors (Lipinski definition) is 1. The molecule has 0 aromatic carbocycles. The second kappa shape index (κ2) is 5.49. The minimum atomic E-state index is 0.611. The van der Waals surface area contributed by atoms with Crippen molar-refractivity contribution in [3.63, 3.8) is 0 Å². The maximum atomic E-state index is 5.55. The van der Waals surface area contributed by atoms with Crippen LogP contribution in [0.3, 0.4) is 0 Å². The van der Waals surface area contributed by atoms with Crippen LogP contribution in [0.15, 0.2) is 23.4 Å². The summed E-state index contributed by atoms with van der Waals surface area (Å²) in [5.41, 5.74) is 7.49. The van der Waals surface area contributed by atoms with Gasteiger partial charge in [0.1, 0.15) is 0 Å². The standard InChI is InChI=1S/C11H17N/c1-5-6-11(7-9(2)3)8-10(4)12/h1,6,8-9H,7,12H2,2-4H3/b10-8+,11-6-. The van der Waals surface area contributed by atoms with E-state index >= 15 is 0 Å². The predicted octanol–water partition coefficient (Wildman–Crippen LogP) is 2.45. The van der Waals surface area contributed by atoms with Gasteiger partial charge in [0.25, 0.3) is 0 Å². The van der Waals surface area contributed by atoms with Gasteiger partial charge in [-0.25, -0.2) is 0 Å². The van der Waals surface area contributed by atoms with Gasteiger partial charge in [0, 0.05) is 5.70 Å². The summed E-state index contributed by atoms with van der Waals surface area (Å²) in [7, 11) is 0. The van der Waals surface area contributed by atoms with E-state index in [1.807, 2.05) is 13.0 Å². The van der Waals surface area contributed by atoms with E-state index in [2.05, 4.69) is 19.8 Å². The molecule has 0 aliphatic carbocycles. The molecule has 0 atom stereocenters. The highest BCUT2D eigenvalue weighted by molar-refractivity contribution is 5.28. The number of terminal acetylenes is 1. The first-order chi connectivity index (χ1) is 5.56. The molecule has 0 saturated heterocycles. The molecule has 66 valence electrons. The van der Waals surface area contributed by atoms with Gasteiger partial charge in [-0.1, -0.05) is 19.8 Å². The van der Waals surface area contributed by atoms with Crippen molar-refractivity contribution >= 4 is 0 Å². The quantitative estimate of drug-likeness (QED) is 0.502. The molecule has 0 bridgehead atoms. The summed E-state index contributed by atoms with van der Waals surface area (Å²) in [5, 5.41) is 0. The second-order valence-corrected chi connectivity index (χ2v) is 3.37. The first-order valence-corrected chi connectivity index (χ1v) is 4.15. The van der Waals surface area contributed by atoms with E-state index in [1.165, 1.54) is 0 Å². The van der Waals surface area contributed by atoms with Gasteiger partial charge in [-0.3, -0.25) is 0 Å². The summed E-state index contributed by atoms with van der Waals surface area (Å²) in [5.74, 6) is 3.13. The SMILES string of the molecule is C#C/C=C(\C=C(/C)N)CC(C)C. The van der Waals surface area contributed by atoms with Gasteiger partial charge in [0.05, 0.1) is 0 Å². The molecule has 0 fully saturated rings. The molecule has 1 nitrogen and oxygen atoms in total. The highest BCUT2D eigenvalue weighted by Crippen LogP contribution is 2.12. The Hall–Kier alpha value is -1.16. The Morgan fingerprint density at radius 3 is 2.50 bits per heavy atom. The van der Waals surface area contributed by atoms with Crippen LogP contribution in [0.5, 0.6) is 0 Å². The van der Waals surface area contributed by atoms with Gasteiger partial charge < -0.3 is 5.73 Å². The van der Waals surface area contributed by atoms with Gasteiger partial charge in [-0.05, 0) is 37.0 Å².